The Bertz CT molecular complexity index is 517. The van der Waals surface area contributed by atoms with Crippen LogP contribution in [0.5, 0.6) is 0 Å². The van der Waals surface area contributed by atoms with Crippen LogP contribution in [-0.2, 0) is 6.18 Å². The van der Waals surface area contributed by atoms with E-state index in [0.29, 0.717) is 24.8 Å². The molecule has 6 heteroatoms. The van der Waals surface area contributed by atoms with Gasteiger partial charge in [-0.3, -0.25) is 0 Å². The van der Waals surface area contributed by atoms with Gasteiger partial charge < -0.3 is 10.8 Å². The summed E-state index contributed by atoms with van der Waals surface area (Å²) in [5.41, 5.74) is 3.94. The van der Waals surface area contributed by atoms with Gasteiger partial charge in [0.05, 0.1) is 11.7 Å². The lowest BCUT2D eigenvalue weighted by Gasteiger charge is -2.34. The smallest absolute Gasteiger partial charge is 0.388 e. The Labute approximate surface area is 121 Å². The van der Waals surface area contributed by atoms with E-state index in [1.807, 2.05) is 6.92 Å². The summed E-state index contributed by atoms with van der Waals surface area (Å²) >= 11 is 0. The molecule has 21 heavy (non-hydrogen) atoms. The highest BCUT2D eigenvalue weighted by atomic mass is 19.4. The Morgan fingerprint density at radius 3 is 2.52 bits per heavy atom. The van der Waals surface area contributed by atoms with Crippen LogP contribution in [0.15, 0.2) is 18.2 Å². The molecule has 1 fully saturated rings. The van der Waals surface area contributed by atoms with Crippen molar-refractivity contribution < 1.29 is 22.7 Å². The maximum Gasteiger partial charge on any atom is 0.416 e. The molecule has 1 aromatic rings. The summed E-state index contributed by atoms with van der Waals surface area (Å²) in [5.74, 6) is -0.657. The van der Waals surface area contributed by atoms with Crippen LogP contribution in [0.3, 0.4) is 0 Å². The molecule has 0 heterocycles. The monoisotopic (exact) mass is 305 g/mol. The summed E-state index contributed by atoms with van der Waals surface area (Å²) in [6.45, 7) is 2.17. The van der Waals surface area contributed by atoms with Crippen molar-refractivity contribution in [2.24, 2.45) is 17.1 Å². The quantitative estimate of drug-likeness (QED) is 0.837. The number of halogens is 4. The van der Waals surface area contributed by atoms with Crippen LogP contribution < -0.4 is 5.73 Å². The molecule has 0 radical (unpaired) electrons. The number of aliphatic hydroxyl groups is 1. The fraction of sp³-hybridized carbons (Fsp3) is 0.600. The van der Waals surface area contributed by atoms with Gasteiger partial charge in [0.1, 0.15) is 5.82 Å². The summed E-state index contributed by atoms with van der Waals surface area (Å²) in [4.78, 5) is 0. The molecule has 0 saturated heterocycles. The molecular weight excluding hydrogens is 286 g/mol. The van der Waals surface area contributed by atoms with Gasteiger partial charge in [-0.1, -0.05) is 13.3 Å². The second-order valence-electron chi connectivity index (χ2n) is 6.09. The second-order valence-corrected chi connectivity index (χ2v) is 6.09. The van der Waals surface area contributed by atoms with E-state index in [1.54, 1.807) is 0 Å². The SMILES string of the molecule is CC1CCC(CN)(C(O)c2cc(F)cc(C(F)(F)F)c2)C1. The largest absolute Gasteiger partial charge is 0.416 e. The minimum Gasteiger partial charge on any atom is -0.388 e. The summed E-state index contributed by atoms with van der Waals surface area (Å²) in [7, 11) is 0. The van der Waals surface area contributed by atoms with E-state index in [-0.39, 0.29) is 12.1 Å². The van der Waals surface area contributed by atoms with Gasteiger partial charge in [0, 0.05) is 12.0 Å². The Balaban J connectivity index is 2.39. The van der Waals surface area contributed by atoms with Crippen LogP contribution in [0.4, 0.5) is 17.6 Å². The molecular formula is C15H19F4NO. The highest BCUT2D eigenvalue weighted by molar-refractivity contribution is 5.30. The first-order chi connectivity index (χ1) is 9.68. The van der Waals surface area contributed by atoms with Crippen molar-refractivity contribution in [2.75, 3.05) is 6.54 Å². The van der Waals surface area contributed by atoms with E-state index in [2.05, 4.69) is 0 Å². The Morgan fingerprint density at radius 1 is 1.38 bits per heavy atom. The highest BCUT2D eigenvalue weighted by Gasteiger charge is 2.43. The van der Waals surface area contributed by atoms with E-state index in [0.717, 1.165) is 18.6 Å². The van der Waals surface area contributed by atoms with Crippen molar-refractivity contribution >= 4 is 0 Å². The third-order valence-corrected chi connectivity index (χ3v) is 4.44. The fourth-order valence-corrected chi connectivity index (χ4v) is 3.26. The van der Waals surface area contributed by atoms with E-state index in [4.69, 9.17) is 5.73 Å². The molecule has 3 unspecified atom stereocenters. The third-order valence-electron chi connectivity index (χ3n) is 4.44. The van der Waals surface area contributed by atoms with Gasteiger partial charge >= 0.3 is 6.18 Å². The van der Waals surface area contributed by atoms with Crippen molar-refractivity contribution in [1.29, 1.82) is 0 Å². The number of hydrogen-bond donors (Lipinski definition) is 2. The highest BCUT2D eigenvalue weighted by Crippen LogP contribution is 2.49. The number of rotatable bonds is 3. The van der Waals surface area contributed by atoms with Crippen molar-refractivity contribution in [3.8, 4) is 0 Å². The van der Waals surface area contributed by atoms with Crippen molar-refractivity contribution in [2.45, 2.75) is 38.5 Å². The zero-order valence-electron chi connectivity index (χ0n) is 11.8. The summed E-state index contributed by atoms with van der Waals surface area (Å²) in [6, 6.07) is 2.21. The maximum atomic E-state index is 13.5. The van der Waals surface area contributed by atoms with Crippen LogP contribution in [0.2, 0.25) is 0 Å². The van der Waals surface area contributed by atoms with Crippen LogP contribution in [0, 0.1) is 17.2 Å². The van der Waals surface area contributed by atoms with Crippen LogP contribution in [0.1, 0.15) is 43.4 Å². The Morgan fingerprint density at radius 2 is 2.05 bits per heavy atom. The first-order valence-electron chi connectivity index (χ1n) is 6.94. The molecule has 0 spiro atoms. The molecule has 0 bridgehead atoms. The average Bonchev–Trinajstić information content (AvgIpc) is 2.79. The molecule has 1 aliphatic carbocycles. The van der Waals surface area contributed by atoms with E-state index in [9.17, 15) is 22.7 Å². The second kappa shape index (κ2) is 5.57. The molecule has 0 amide bonds. The minimum atomic E-state index is -4.64. The van der Waals surface area contributed by atoms with Gasteiger partial charge in [-0.25, -0.2) is 4.39 Å². The van der Waals surface area contributed by atoms with Crippen molar-refractivity contribution in [3.63, 3.8) is 0 Å². The van der Waals surface area contributed by atoms with E-state index >= 15 is 0 Å². The molecule has 1 saturated carbocycles. The molecule has 3 atom stereocenters. The average molecular weight is 305 g/mol. The molecule has 0 aromatic heterocycles. The number of nitrogens with two attached hydrogens (primary N) is 1. The molecule has 1 aromatic carbocycles. The summed E-state index contributed by atoms with van der Waals surface area (Å²) in [5, 5.41) is 10.5. The van der Waals surface area contributed by atoms with Gasteiger partial charge in [0.25, 0.3) is 0 Å². The molecule has 3 N–H and O–H groups in total. The summed E-state index contributed by atoms with van der Waals surface area (Å²) in [6.07, 6.45) is -3.72. The van der Waals surface area contributed by atoms with Crippen molar-refractivity contribution in [3.05, 3.63) is 35.1 Å². The molecule has 118 valence electrons. The van der Waals surface area contributed by atoms with Gasteiger partial charge in [0.15, 0.2) is 0 Å². The van der Waals surface area contributed by atoms with E-state index in [1.165, 1.54) is 0 Å². The molecule has 2 rings (SSSR count). The zero-order valence-corrected chi connectivity index (χ0v) is 11.8. The number of hydrogen-bond acceptors (Lipinski definition) is 2. The maximum absolute atomic E-state index is 13.5. The number of aliphatic hydroxyl groups excluding tert-OH is 1. The lowest BCUT2D eigenvalue weighted by atomic mass is 9.76. The normalized spacial score (nSPS) is 27.9. The summed E-state index contributed by atoms with van der Waals surface area (Å²) < 4.78 is 51.7. The van der Waals surface area contributed by atoms with Crippen LogP contribution >= 0.6 is 0 Å². The Kier molecular flexibility index (Phi) is 4.31. The van der Waals surface area contributed by atoms with Gasteiger partial charge in [-0.2, -0.15) is 13.2 Å². The van der Waals surface area contributed by atoms with Crippen molar-refractivity contribution in [1.82, 2.24) is 0 Å². The van der Waals surface area contributed by atoms with Crippen LogP contribution in [0.25, 0.3) is 0 Å². The molecule has 0 aliphatic heterocycles. The zero-order chi connectivity index (χ0) is 15.8. The predicted molar refractivity (Wildman–Crippen MR) is 70.9 cm³/mol. The fourth-order valence-electron chi connectivity index (χ4n) is 3.26. The standard InChI is InChI=1S/C15H19F4NO/c1-9-2-3-14(7-9,8-20)13(21)10-4-11(15(17,18)19)6-12(16)5-10/h4-6,9,13,21H,2-3,7-8,20H2,1H3. The topological polar surface area (TPSA) is 46.2 Å². The number of alkyl halides is 3. The third kappa shape index (κ3) is 3.21. The number of benzene rings is 1. The lowest BCUT2D eigenvalue weighted by Crippen LogP contribution is -2.34. The first-order valence-corrected chi connectivity index (χ1v) is 6.94. The van der Waals surface area contributed by atoms with Crippen LogP contribution in [-0.4, -0.2) is 11.7 Å². The Hall–Kier alpha value is -1.14. The lowest BCUT2D eigenvalue weighted by molar-refractivity contribution is -0.137. The van der Waals surface area contributed by atoms with Gasteiger partial charge in [-0.15, -0.1) is 0 Å². The minimum absolute atomic E-state index is 0.0538. The van der Waals surface area contributed by atoms with E-state index < -0.39 is 29.1 Å². The van der Waals surface area contributed by atoms with Gasteiger partial charge in [0.2, 0.25) is 0 Å². The molecule has 2 nitrogen and oxygen atoms in total. The first kappa shape index (κ1) is 16.2. The molecule has 1 aliphatic rings. The van der Waals surface area contributed by atoms with Gasteiger partial charge in [-0.05, 0) is 42.5 Å². The predicted octanol–water partition coefficient (Wildman–Crippen LogP) is 3.64.